The van der Waals surface area contributed by atoms with Gasteiger partial charge in [0.25, 0.3) is 5.91 Å². The van der Waals surface area contributed by atoms with Crippen LogP contribution in [0.5, 0.6) is 0 Å². The Morgan fingerprint density at radius 1 is 0.938 bits per heavy atom. The molecule has 0 atom stereocenters. The van der Waals surface area contributed by atoms with E-state index in [-0.39, 0.29) is 5.91 Å². The number of carbonyl (C=O) groups is 1. The summed E-state index contributed by atoms with van der Waals surface area (Å²) in [5, 5.41) is 5.33. The second kappa shape index (κ2) is 8.83. The van der Waals surface area contributed by atoms with Gasteiger partial charge in [-0.2, -0.15) is 5.10 Å². The first kappa shape index (κ1) is 21.6. The van der Waals surface area contributed by atoms with Crippen LogP contribution < -0.4 is 4.90 Å². The first-order valence-corrected chi connectivity index (χ1v) is 10.7. The van der Waals surface area contributed by atoms with E-state index in [0.29, 0.717) is 18.7 Å². The molecule has 2 aromatic carbocycles. The van der Waals surface area contributed by atoms with E-state index >= 15 is 0 Å². The van der Waals surface area contributed by atoms with Gasteiger partial charge in [0.15, 0.2) is 5.65 Å². The Morgan fingerprint density at radius 3 is 2.25 bits per heavy atom. The zero-order valence-electron chi connectivity index (χ0n) is 19.3. The number of carbonyl (C=O) groups excluding carboxylic acids is 1. The minimum Gasteiger partial charge on any atom is -0.378 e. The van der Waals surface area contributed by atoms with Crippen molar-refractivity contribution in [1.29, 1.82) is 0 Å². The summed E-state index contributed by atoms with van der Waals surface area (Å²) in [6, 6.07) is 18.5. The molecule has 0 saturated carbocycles. The zero-order valence-corrected chi connectivity index (χ0v) is 19.3. The summed E-state index contributed by atoms with van der Waals surface area (Å²) in [5.74, 6) is -0.0351. The van der Waals surface area contributed by atoms with Gasteiger partial charge >= 0.3 is 0 Å². The number of aryl methyl sites for hydroxylation is 2. The van der Waals surface area contributed by atoms with Crippen LogP contribution in [-0.4, -0.2) is 46.7 Å². The van der Waals surface area contributed by atoms with Crippen molar-refractivity contribution in [3.05, 3.63) is 88.7 Å². The van der Waals surface area contributed by atoms with Crippen molar-refractivity contribution in [2.75, 3.05) is 26.0 Å². The number of fused-ring (bicyclic) bond motifs is 1. The normalized spacial score (nSPS) is 11.0. The highest BCUT2D eigenvalue weighted by atomic mass is 16.2. The van der Waals surface area contributed by atoms with Gasteiger partial charge in [-0.1, -0.05) is 42.0 Å². The number of amides is 1. The van der Waals surface area contributed by atoms with E-state index in [0.717, 1.165) is 33.5 Å². The van der Waals surface area contributed by atoms with Gasteiger partial charge in [-0.05, 0) is 43.2 Å². The van der Waals surface area contributed by atoms with Crippen LogP contribution in [0.15, 0.2) is 60.8 Å². The zero-order chi connectivity index (χ0) is 22.8. The summed E-state index contributed by atoms with van der Waals surface area (Å²) in [6.07, 6.45) is 1.75. The van der Waals surface area contributed by atoms with Gasteiger partial charge in [-0.3, -0.25) is 4.79 Å². The lowest BCUT2D eigenvalue weighted by molar-refractivity contribution is 0.0787. The third-order valence-electron chi connectivity index (χ3n) is 5.64. The first-order valence-electron chi connectivity index (χ1n) is 10.7. The van der Waals surface area contributed by atoms with Crippen LogP contribution in [0, 0.1) is 13.8 Å². The Kier molecular flexibility index (Phi) is 5.95. The standard InChI is InChI=1S/C26H29N5O/c1-18-6-8-21(9-7-18)17-31-25-24(15-27-31)23(14-19(2)28-25)26(32)30(5)16-20-10-12-22(13-11-20)29(3)4/h6-15H,16-17H2,1-5H3. The second-order valence-corrected chi connectivity index (χ2v) is 8.56. The molecule has 0 spiro atoms. The average Bonchev–Trinajstić information content (AvgIpc) is 3.17. The molecule has 1 amide bonds. The molecule has 4 rings (SSSR count). The van der Waals surface area contributed by atoms with Crippen LogP contribution in [-0.2, 0) is 13.1 Å². The molecule has 0 bridgehead atoms. The van der Waals surface area contributed by atoms with Crippen molar-refractivity contribution in [2.45, 2.75) is 26.9 Å². The van der Waals surface area contributed by atoms with Crippen molar-refractivity contribution < 1.29 is 4.79 Å². The molecule has 0 aliphatic rings. The molecular weight excluding hydrogens is 398 g/mol. The quantitative estimate of drug-likeness (QED) is 0.457. The van der Waals surface area contributed by atoms with Crippen molar-refractivity contribution in [1.82, 2.24) is 19.7 Å². The summed E-state index contributed by atoms with van der Waals surface area (Å²) in [6.45, 7) is 5.14. The maximum atomic E-state index is 13.3. The molecule has 0 aliphatic heterocycles. The van der Waals surface area contributed by atoms with E-state index in [9.17, 15) is 4.79 Å². The third kappa shape index (κ3) is 4.49. The van der Waals surface area contributed by atoms with Crippen LogP contribution in [0.2, 0.25) is 0 Å². The predicted octanol–water partition coefficient (Wildman–Crippen LogP) is 4.43. The highest BCUT2D eigenvalue weighted by Crippen LogP contribution is 2.22. The fourth-order valence-electron chi connectivity index (χ4n) is 3.78. The third-order valence-corrected chi connectivity index (χ3v) is 5.64. The van der Waals surface area contributed by atoms with Gasteiger partial charge in [-0.15, -0.1) is 0 Å². The summed E-state index contributed by atoms with van der Waals surface area (Å²) >= 11 is 0. The molecule has 6 nitrogen and oxygen atoms in total. The molecule has 0 fully saturated rings. The SMILES string of the molecule is Cc1ccc(Cn2ncc3c(C(=O)N(C)Cc4ccc(N(C)C)cc4)cc(C)nc32)cc1. The van der Waals surface area contributed by atoms with Gasteiger partial charge < -0.3 is 9.80 Å². The number of aromatic nitrogens is 3. The Bertz CT molecular complexity index is 1240. The van der Waals surface area contributed by atoms with E-state index in [1.807, 2.05) is 38.8 Å². The molecule has 0 N–H and O–H groups in total. The van der Waals surface area contributed by atoms with E-state index < -0.39 is 0 Å². The predicted molar refractivity (Wildman–Crippen MR) is 129 cm³/mol. The molecule has 2 heterocycles. The maximum Gasteiger partial charge on any atom is 0.254 e. The molecule has 0 aliphatic carbocycles. The minimum atomic E-state index is -0.0351. The lowest BCUT2D eigenvalue weighted by atomic mass is 10.1. The Morgan fingerprint density at radius 2 is 1.59 bits per heavy atom. The molecule has 164 valence electrons. The highest BCUT2D eigenvalue weighted by molar-refractivity contribution is 6.05. The molecule has 0 radical (unpaired) electrons. The number of nitrogens with zero attached hydrogens (tertiary/aromatic N) is 5. The number of anilines is 1. The Labute approximate surface area is 189 Å². The number of pyridine rings is 1. The monoisotopic (exact) mass is 427 g/mol. The van der Waals surface area contributed by atoms with Gasteiger partial charge in [0.1, 0.15) is 0 Å². The topological polar surface area (TPSA) is 54.3 Å². The van der Waals surface area contributed by atoms with Crippen LogP contribution in [0.1, 0.15) is 32.7 Å². The molecule has 2 aromatic heterocycles. The summed E-state index contributed by atoms with van der Waals surface area (Å²) in [4.78, 5) is 21.8. The Hall–Kier alpha value is -3.67. The van der Waals surface area contributed by atoms with E-state index in [1.54, 1.807) is 11.1 Å². The minimum absolute atomic E-state index is 0.0351. The van der Waals surface area contributed by atoms with Crippen molar-refractivity contribution in [3.63, 3.8) is 0 Å². The number of benzene rings is 2. The summed E-state index contributed by atoms with van der Waals surface area (Å²) in [5.41, 5.74) is 6.76. The molecule has 32 heavy (non-hydrogen) atoms. The van der Waals surface area contributed by atoms with Crippen LogP contribution in [0.25, 0.3) is 11.0 Å². The smallest absolute Gasteiger partial charge is 0.254 e. The lowest BCUT2D eigenvalue weighted by Gasteiger charge is -2.19. The van der Waals surface area contributed by atoms with Crippen LogP contribution in [0.4, 0.5) is 5.69 Å². The fourth-order valence-corrected chi connectivity index (χ4v) is 3.78. The molecule has 6 heteroatoms. The van der Waals surface area contributed by atoms with Crippen molar-refractivity contribution in [2.24, 2.45) is 0 Å². The average molecular weight is 428 g/mol. The fraction of sp³-hybridized carbons (Fsp3) is 0.269. The molecular formula is C26H29N5O. The number of hydrogen-bond acceptors (Lipinski definition) is 4. The van der Waals surface area contributed by atoms with Gasteiger partial charge in [0.05, 0.1) is 23.7 Å². The van der Waals surface area contributed by atoms with Crippen molar-refractivity contribution in [3.8, 4) is 0 Å². The lowest BCUT2D eigenvalue weighted by Crippen LogP contribution is -2.26. The van der Waals surface area contributed by atoms with Crippen LogP contribution >= 0.6 is 0 Å². The number of rotatable bonds is 6. The first-order chi connectivity index (χ1) is 15.3. The van der Waals surface area contributed by atoms with E-state index in [4.69, 9.17) is 0 Å². The van der Waals surface area contributed by atoms with Gasteiger partial charge in [0.2, 0.25) is 0 Å². The number of hydrogen-bond donors (Lipinski definition) is 0. The van der Waals surface area contributed by atoms with Crippen molar-refractivity contribution >= 4 is 22.6 Å². The molecule has 4 aromatic rings. The second-order valence-electron chi connectivity index (χ2n) is 8.56. The summed E-state index contributed by atoms with van der Waals surface area (Å²) in [7, 11) is 5.86. The van der Waals surface area contributed by atoms with Gasteiger partial charge in [-0.25, -0.2) is 9.67 Å². The largest absolute Gasteiger partial charge is 0.378 e. The Balaban J connectivity index is 1.59. The van der Waals surface area contributed by atoms with Gasteiger partial charge in [0, 0.05) is 39.1 Å². The maximum absolute atomic E-state index is 13.3. The van der Waals surface area contributed by atoms with Crippen LogP contribution in [0.3, 0.4) is 0 Å². The molecule has 0 saturated heterocycles. The summed E-state index contributed by atoms with van der Waals surface area (Å²) < 4.78 is 1.86. The molecule has 0 unspecified atom stereocenters. The van der Waals surface area contributed by atoms with E-state index in [1.165, 1.54) is 5.56 Å². The highest BCUT2D eigenvalue weighted by Gasteiger charge is 2.19. The van der Waals surface area contributed by atoms with E-state index in [2.05, 4.69) is 70.4 Å².